The first-order chi connectivity index (χ1) is 7.48. The first-order valence-corrected chi connectivity index (χ1v) is 6.34. The van der Waals surface area contributed by atoms with Gasteiger partial charge in [0.05, 0.1) is 11.5 Å². The van der Waals surface area contributed by atoms with Crippen molar-refractivity contribution in [2.75, 3.05) is 19.6 Å². The largest absolute Gasteiger partial charge is 0.329 e. The van der Waals surface area contributed by atoms with Crippen LogP contribution in [0.3, 0.4) is 0 Å². The van der Waals surface area contributed by atoms with Gasteiger partial charge in [-0.2, -0.15) is 5.26 Å². The highest BCUT2D eigenvalue weighted by Gasteiger charge is 2.27. The fraction of sp³-hybridized carbons (Fsp3) is 0.923. The van der Waals surface area contributed by atoms with Crippen LogP contribution in [0.2, 0.25) is 0 Å². The Hall–Kier alpha value is -0.590. The van der Waals surface area contributed by atoms with Crippen molar-refractivity contribution in [3.8, 4) is 6.07 Å². The van der Waals surface area contributed by atoms with E-state index < -0.39 is 0 Å². The van der Waals surface area contributed by atoms with Crippen LogP contribution in [0.1, 0.15) is 40.0 Å². The predicted molar refractivity (Wildman–Crippen MR) is 66.8 cm³/mol. The van der Waals surface area contributed by atoms with Gasteiger partial charge in [0, 0.05) is 12.6 Å². The second-order valence-corrected chi connectivity index (χ2v) is 5.80. The minimum absolute atomic E-state index is 0.206. The van der Waals surface area contributed by atoms with E-state index in [9.17, 15) is 0 Å². The highest BCUT2D eigenvalue weighted by atomic mass is 15.2. The van der Waals surface area contributed by atoms with E-state index >= 15 is 0 Å². The molecule has 1 rings (SSSR count). The fourth-order valence-electron chi connectivity index (χ4n) is 2.32. The minimum Gasteiger partial charge on any atom is -0.329 e. The molecule has 2 unspecified atom stereocenters. The second kappa shape index (κ2) is 5.65. The molecule has 0 spiro atoms. The van der Waals surface area contributed by atoms with Crippen LogP contribution in [-0.4, -0.2) is 30.6 Å². The van der Waals surface area contributed by atoms with E-state index in [4.69, 9.17) is 11.0 Å². The summed E-state index contributed by atoms with van der Waals surface area (Å²) in [6.07, 6.45) is 3.42. The van der Waals surface area contributed by atoms with Gasteiger partial charge in [-0.15, -0.1) is 0 Å². The molecule has 1 heterocycles. The van der Waals surface area contributed by atoms with Crippen molar-refractivity contribution in [2.45, 2.75) is 46.1 Å². The molecule has 1 saturated heterocycles. The Morgan fingerprint density at radius 3 is 2.75 bits per heavy atom. The molecular weight excluding hydrogens is 198 g/mol. The SMILES string of the molecule is CC1CCN(CCC(C)(C)C#N)C(CN)C1. The quantitative estimate of drug-likeness (QED) is 0.793. The molecule has 0 bridgehead atoms. The Bertz CT molecular complexity index is 254. The number of likely N-dealkylation sites (tertiary alicyclic amines) is 1. The minimum atomic E-state index is -0.206. The Balaban J connectivity index is 2.44. The van der Waals surface area contributed by atoms with Crippen LogP contribution < -0.4 is 5.73 Å². The van der Waals surface area contributed by atoms with Crippen molar-refractivity contribution in [3.05, 3.63) is 0 Å². The molecule has 1 fully saturated rings. The Labute approximate surface area is 99.6 Å². The third-order valence-corrected chi connectivity index (χ3v) is 3.70. The lowest BCUT2D eigenvalue weighted by atomic mass is 9.88. The van der Waals surface area contributed by atoms with E-state index in [-0.39, 0.29) is 5.41 Å². The highest BCUT2D eigenvalue weighted by Crippen LogP contribution is 2.25. The number of piperidine rings is 1. The fourth-order valence-corrected chi connectivity index (χ4v) is 2.32. The summed E-state index contributed by atoms with van der Waals surface area (Å²) in [5.74, 6) is 0.800. The van der Waals surface area contributed by atoms with Crippen molar-refractivity contribution < 1.29 is 0 Å². The molecule has 16 heavy (non-hydrogen) atoms. The van der Waals surface area contributed by atoms with Crippen LogP contribution in [-0.2, 0) is 0 Å². The van der Waals surface area contributed by atoms with Gasteiger partial charge in [0.25, 0.3) is 0 Å². The molecule has 1 aliphatic heterocycles. The van der Waals surface area contributed by atoms with E-state index in [1.54, 1.807) is 0 Å². The van der Waals surface area contributed by atoms with Gasteiger partial charge in [-0.05, 0) is 52.1 Å². The van der Waals surface area contributed by atoms with Crippen molar-refractivity contribution in [2.24, 2.45) is 17.1 Å². The molecule has 0 aromatic carbocycles. The number of rotatable bonds is 4. The lowest BCUT2D eigenvalue weighted by molar-refractivity contribution is 0.112. The van der Waals surface area contributed by atoms with Gasteiger partial charge in [-0.25, -0.2) is 0 Å². The summed E-state index contributed by atoms with van der Waals surface area (Å²) in [4.78, 5) is 2.47. The number of nitrogens with two attached hydrogens (primary N) is 1. The van der Waals surface area contributed by atoms with Crippen molar-refractivity contribution >= 4 is 0 Å². The summed E-state index contributed by atoms with van der Waals surface area (Å²) in [5, 5.41) is 9.00. The van der Waals surface area contributed by atoms with Crippen molar-refractivity contribution in [1.29, 1.82) is 5.26 Å². The number of nitrogens with zero attached hydrogens (tertiary/aromatic N) is 2. The predicted octanol–water partition coefficient (Wildman–Crippen LogP) is 1.99. The molecular formula is C13H25N3. The molecule has 2 N–H and O–H groups in total. The van der Waals surface area contributed by atoms with Crippen LogP contribution in [0.5, 0.6) is 0 Å². The molecule has 0 aromatic heterocycles. The Morgan fingerprint density at radius 2 is 2.19 bits per heavy atom. The maximum Gasteiger partial charge on any atom is 0.0684 e. The lowest BCUT2D eigenvalue weighted by Crippen LogP contribution is -2.47. The van der Waals surface area contributed by atoms with Crippen molar-refractivity contribution in [3.63, 3.8) is 0 Å². The molecule has 0 saturated carbocycles. The number of hydrogen-bond acceptors (Lipinski definition) is 3. The van der Waals surface area contributed by atoms with Gasteiger partial charge in [0.1, 0.15) is 0 Å². The molecule has 92 valence electrons. The molecule has 0 radical (unpaired) electrons. The standard InChI is InChI=1S/C13H25N3/c1-11-4-6-16(12(8-11)9-14)7-5-13(2,3)10-15/h11-12H,4-9,14H2,1-3H3. The summed E-state index contributed by atoms with van der Waals surface area (Å²) >= 11 is 0. The Kier molecular flexibility index (Phi) is 4.76. The summed E-state index contributed by atoms with van der Waals surface area (Å²) in [6.45, 7) is 9.23. The zero-order chi connectivity index (χ0) is 12.2. The Morgan fingerprint density at radius 1 is 1.50 bits per heavy atom. The van der Waals surface area contributed by atoms with Crippen LogP contribution in [0.15, 0.2) is 0 Å². The van der Waals surface area contributed by atoms with Crippen LogP contribution >= 0.6 is 0 Å². The topological polar surface area (TPSA) is 53.0 Å². The first-order valence-electron chi connectivity index (χ1n) is 6.34. The molecule has 3 heteroatoms. The molecule has 3 nitrogen and oxygen atoms in total. The van der Waals surface area contributed by atoms with E-state index in [1.807, 2.05) is 13.8 Å². The third kappa shape index (κ3) is 3.77. The average Bonchev–Trinajstić information content (AvgIpc) is 2.27. The monoisotopic (exact) mass is 223 g/mol. The van der Waals surface area contributed by atoms with E-state index in [2.05, 4.69) is 17.9 Å². The van der Waals surface area contributed by atoms with Gasteiger partial charge >= 0.3 is 0 Å². The number of nitriles is 1. The molecule has 0 aliphatic carbocycles. The summed E-state index contributed by atoms with van der Waals surface area (Å²) < 4.78 is 0. The lowest BCUT2D eigenvalue weighted by Gasteiger charge is -2.38. The van der Waals surface area contributed by atoms with Gasteiger partial charge in [-0.1, -0.05) is 6.92 Å². The zero-order valence-electron chi connectivity index (χ0n) is 10.9. The normalized spacial score (nSPS) is 27.7. The van der Waals surface area contributed by atoms with Gasteiger partial charge in [0.15, 0.2) is 0 Å². The van der Waals surface area contributed by atoms with E-state index in [0.717, 1.165) is 32.0 Å². The average molecular weight is 223 g/mol. The van der Waals surface area contributed by atoms with Crippen molar-refractivity contribution in [1.82, 2.24) is 4.90 Å². The first kappa shape index (κ1) is 13.5. The molecule has 1 aliphatic rings. The summed E-state index contributed by atoms with van der Waals surface area (Å²) in [5.41, 5.74) is 5.61. The van der Waals surface area contributed by atoms with Gasteiger partial charge in [-0.3, -0.25) is 4.90 Å². The van der Waals surface area contributed by atoms with Crippen LogP contribution in [0.4, 0.5) is 0 Å². The summed E-state index contributed by atoms with van der Waals surface area (Å²) in [6, 6.07) is 2.89. The van der Waals surface area contributed by atoms with E-state index in [1.165, 1.54) is 12.8 Å². The second-order valence-electron chi connectivity index (χ2n) is 5.80. The van der Waals surface area contributed by atoms with Crippen LogP contribution in [0.25, 0.3) is 0 Å². The zero-order valence-corrected chi connectivity index (χ0v) is 10.9. The molecule has 0 amide bonds. The molecule has 2 atom stereocenters. The number of hydrogen-bond donors (Lipinski definition) is 1. The van der Waals surface area contributed by atoms with E-state index in [0.29, 0.717) is 6.04 Å². The van der Waals surface area contributed by atoms with Crippen LogP contribution in [0, 0.1) is 22.7 Å². The highest BCUT2D eigenvalue weighted by molar-refractivity contribution is 4.93. The maximum atomic E-state index is 9.00. The third-order valence-electron chi connectivity index (χ3n) is 3.70. The molecule has 0 aromatic rings. The maximum absolute atomic E-state index is 9.00. The van der Waals surface area contributed by atoms with Gasteiger partial charge in [0.2, 0.25) is 0 Å². The smallest absolute Gasteiger partial charge is 0.0684 e. The summed E-state index contributed by atoms with van der Waals surface area (Å²) in [7, 11) is 0. The van der Waals surface area contributed by atoms with Gasteiger partial charge < -0.3 is 5.73 Å².